The van der Waals surface area contributed by atoms with Crippen LogP contribution >= 0.6 is 0 Å². The van der Waals surface area contributed by atoms with Crippen LogP contribution in [0.1, 0.15) is 28.2 Å². The predicted octanol–water partition coefficient (Wildman–Crippen LogP) is 2.14. The van der Waals surface area contributed by atoms with Gasteiger partial charge in [-0.3, -0.25) is 9.78 Å². The monoisotopic (exact) mass is 418 g/mol. The summed E-state index contributed by atoms with van der Waals surface area (Å²) in [6.45, 7) is 6.32. The Morgan fingerprint density at radius 2 is 1.97 bits per heavy atom. The van der Waals surface area contributed by atoms with Crippen LogP contribution in [0.25, 0.3) is 17.0 Å². The summed E-state index contributed by atoms with van der Waals surface area (Å²) in [4.78, 5) is 21.2. The van der Waals surface area contributed by atoms with Gasteiger partial charge in [0.1, 0.15) is 17.1 Å². The number of fused-ring (bicyclic) bond motifs is 1. The molecule has 4 aromatic rings. The van der Waals surface area contributed by atoms with Crippen LogP contribution in [0.5, 0.6) is 0 Å². The number of nitrogens with zero attached hydrogens (tertiary/aromatic N) is 8. The van der Waals surface area contributed by atoms with E-state index in [9.17, 15) is 4.79 Å². The zero-order valence-electron chi connectivity index (χ0n) is 17.4. The van der Waals surface area contributed by atoms with Gasteiger partial charge in [0, 0.05) is 44.1 Å². The van der Waals surface area contributed by atoms with Crippen LogP contribution in [0.3, 0.4) is 0 Å². The predicted molar refractivity (Wildman–Crippen MR) is 113 cm³/mol. The van der Waals surface area contributed by atoms with Gasteiger partial charge in [0.2, 0.25) is 0 Å². The lowest BCUT2D eigenvalue weighted by Gasteiger charge is -2.22. The second-order valence-corrected chi connectivity index (χ2v) is 7.56. The van der Waals surface area contributed by atoms with Crippen LogP contribution in [0.2, 0.25) is 0 Å². The third kappa shape index (κ3) is 3.49. The minimum Gasteiger partial charge on any atom is -0.361 e. The summed E-state index contributed by atoms with van der Waals surface area (Å²) in [7, 11) is 0. The van der Waals surface area contributed by atoms with Crippen LogP contribution in [0.15, 0.2) is 41.2 Å². The van der Waals surface area contributed by atoms with Gasteiger partial charge in [0.25, 0.3) is 5.91 Å². The average molecular weight is 418 g/mol. The van der Waals surface area contributed by atoms with Crippen molar-refractivity contribution in [3.8, 4) is 11.4 Å². The summed E-state index contributed by atoms with van der Waals surface area (Å²) in [5.74, 6) is 2.00. The third-order valence-electron chi connectivity index (χ3n) is 5.52. The molecule has 5 heterocycles. The number of carbonyl (C=O) groups excluding carboxylic acids is 1. The lowest BCUT2D eigenvalue weighted by Crippen LogP contribution is -2.36. The molecule has 31 heavy (non-hydrogen) atoms. The van der Waals surface area contributed by atoms with E-state index in [1.54, 1.807) is 30.8 Å². The molecule has 10 nitrogen and oxygen atoms in total. The van der Waals surface area contributed by atoms with Crippen molar-refractivity contribution in [2.24, 2.45) is 0 Å². The Labute approximate surface area is 178 Å². The second-order valence-electron chi connectivity index (χ2n) is 7.56. The molecule has 0 aromatic carbocycles. The molecule has 1 saturated heterocycles. The average Bonchev–Trinajstić information content (AvgIpc) is 3.26. The van der Waals surface area contributed by atoms with Gasteiger partial charge < -0.3 is 14.3 Å². The fourth-order valence-corrected chi connectivity index (χ4v) is 3.92. The van der Waals surface area contributed by atoms with Crippen molar-refractivity contribution in [1.82, 2.24) is 34.9 Å². The minimum atomic E-state index is -0.0285. The van der Waals surface area contributed by atoms with Crippen LogP contribution in [0, 0.1) is 13.8 Å². The van der Waals surface area contributed by atoms with E-state index in [0.717, 1.165) is 24.3 Å². The summed E-state index contributed by atoms with van der Waals surface area (Å²) in [5, 5.41) is 17.2. The normalized spacial score (nSPS) is 14.8. The molecule has 0 aliphatic carbocycles. The summed E-state index contributed by atoms with van der Waals surface area (Å²) in [6.07, 6.45) is 4.31. The zero-order valence-corrected chi connectivity index (χ0v) is 17.4. The number of carbonyl (C=O) groups is 1. The van der Waals surface area contributed by atoms with Crippen molar-refractivity contribution in [2.45, 2.75) is 20.3 Å². The fraction of sp³-hybridized carbons (Fsp3) is 0.333. The van der Waals surface area contributed by atoms with Gasteiger partial charge in [-0.2, -0.15) is 4.52 Å². The third-order valence-corrected chi connectivity index (χ3v) is 5.52. The van der Waals surface area contributed by atoms with Crippen molar-refractivity contribution in [2.75, 3.05) is 31.1 Å². The summed E-state index contributed by atoms with van der Waals surface area (Å²) in [6, 6.07) is 7.65. The van der Waals surface area contributed by atoms with E-state index in [1.807, 2.05) is 29.2 Å². The number of rotatable bonds is 3. The minimum absolute atomic E-state index is 0.0285. The van der Waals surface area contributed by atoms with E-state index in [1.165, 1.54) is 0 Å². The maximum absolute atomic E-state index is 13.0. The number of amides is 1. The van der Waals surface area contributed by atoms with Crippen LogP contribution in [-0.2, 0) is 0 Å². The van der Waals surface area contributed by atoms with Gasteiger partial charge in [-0.15, -0.1) is 15.3 Å². The van der Waals surface area contributed by atoms with Gasteiger partial charge in [0.05, 0.1) is 5.69 Å². The van der Waals surface area contributed by atoms with Gasteiger partial charge in [-0.1, -0.05) is 5.16 Å². The quantitative estimate of drug-likeness (QED) is 0.498. The van der Waals surface area contributed by atoms with Crippen molar-refractivity contribution in [3.05, 3.63) is 53.7 Å². The molecule has 0 bridgehead atoms. The van der Waals surface area contributed by atoms with Crippen molar-refractivity contribution in [3.63, 3.8) is 0 Å². The van der Waals surface area contributed by atoms with E-state index in [0.29, 0.717) is 48.1 Å². The zero-order chi connectivity index (χ0) is 21.4. The highest BCUT2D eigenvalue weighted by Crippen LogP contribution is 2.21. The largest absolute Gasteiger partial charge is 0.361 e. The lowest BCUT2D eigenvalue weighted by atomic mass is 10.1. The Morgan fingerprint density at radius 3 is 2.74 bits per heavy atom. The molecule has 158 valence electrons. The Kier molecular flexibility index (Phi) is 4.81. The van der Waals surface area contributed by atoms with E-state index in [4.69, 9.17) is 9.62 Å². The highest BCUT2D eigenvalue weighted by Gasteiger charge is 2.26. The van der Waals surface area contributed by atoms with Gasteiger partial charge >= 0.3 is 0 Å². The molecule has 0 spiro atoms. The van der Waals surface area contributed by atoms with E-state index in [2.05, 4.69) is 25.2 Å². The summed E-state index contributed by atoms with van der Waals surface area (Å²) in [5.41, 5.74) is 2.73. The number of pyridine rings is 1. The Morgan fingerprint density at radius 1 is 1.06 bits per heavy atom. The second kappa shape index (κ2) is 7.78. The first-order valence-electron chi connectivity index (χ1n) is 10.2. The molecule has 0 atom stereocenters. The van der Waals surface area contributed by atoms with E-state index >= 15 is 0 Å². The molecule has 0 unspecified atom stereocenters. The molecule has 1 aliphatic rings. The van der Waals surface area contributed by atoms with E-state index in [-0.39, 0.29) is 5.91 Å². The number of anilines is 1. The molecule has 1 aliphatic heterocycles. The standard InChI is InChI=1S/C21H22N8O2/c1-14-19(15(2)31-26-14)21(30)28-10-4-9-27(11-12-28)18-7-6-17-23-24-20(29(17)25-18)16-5-3-8-22-13-16/h3,5-8,13H,4,9-12H2,1-2H3. The Balaban J connectivity index is 1.38. The van der Waals surface area contributed by atoms with Gasteiger partial charge in [-0.25, -0.2) is 0 Å². The van der Waals surface area contributed by atoms with Crippen molar-refractivity contribution < 1.29 is 9.32 Å². The van der Waals surface area contributed by atoms with Gasteiger partial charge in [0.15, 0.2) is 11.5 Å². The smallest absolute Gasteiger partial charge is 0.259 e. The SMILES string of the molecule is Cc1noc(C)c1C(=O)N1CCCN(c2ccc3nnc(-c4cccnc4)n3n2)CC1. The van der Waals surface area contributed by atoms with Crippen LogP contribution in [-0.4, -0.2) is 66.9 Å². The maximum atomic E-state index is 13.0. The van der Waals surface area contributed by atoms with Gasteiger partial charge in [-0.05, 0) is 44.5 Å². The van der Waals surface area contributed by atoms with Crippen LogP contribution < -0.4 is 4.90 Å². The molecule has 0 saturated carbocycles. The fourth-order valence-electron chi connectivity index (χ4n) is 3.92. The van der Waals surface area contributed by atoms with E-state index < -0.39 is 0 Å². The molecule has 4 aromatic heterocycles. The number of aryl methyl sites for hydroxylation is 2. The Bertz CT molecular complexity index is 1210. The van der Waals surface area contributed by atoms with Crippen molar-refractivity contribution in [1.29, 1.82) is 0 Å². The topological polar surface area (TPSA) is 106 Å². The Hall–Kier alpha value is -3.82. The molecule has 1 amide bonds. The molecule has 5 rings (SSSR count). The molecular formula is C21H22N8O2. The molecule has 10 heteroatoms. The van der Waals surface area contributed by atoms with Crippen LogP contribution in [0.4, 0.5) is 5.82 Å². The number of hydrogen-bond donors (Lipinski definition) is 0. The first-order valence-corrected chi connectivity index (χ1v) is 10.2. The summed E-state index contributed by atoms with van der Waals surface area (Å²) >= 11 is 0. The summed E-state index contributed by atoms with van der Waals surface area (Å²) < 4.78 is 6.91. The lowest BCUT2D eigenvalue weighted by molar-refractivity contribution is 0.0764. The number of hydrogen-bond acceptors (Lipinski definition) is 8. The number of aromatic nitrogens is 6. The van der Waals surface area contributed by atoms with Crippen molar-refractivity contribution >= 4 is 17.4 Å². The first-order chi connectivity index (χ1) is 15.1. The highest BCUT2D eigenvalue weighted by atomic mass is 16.5. The highest BCUT2D eigenvalue weighted by molar-refractivity contribution is 5.96. The molecule has 0 N–H and O–H groups in total. The first kappa shape index (κ1) is 19.2. The molecule has 1 fully saturated rings. The maximum Gasteiger partial charge on any atom is 0.259 e. The molecular weight excluding hydrogens is 396 g/mol. The molecule has 0 radical (unpaired) electrons.